The van der Waals surface area contributed by atoms with Crippen LogP contribution in [0.15, 0.2) is 48.5 Å². The molecule has 1 unspecified atom stereocenters. The van der Waals surface area contributed by atoms with Crippen molar-refractivity contribution in [1.82, 2.24) is 9.55 Å². The molecule has 1 atom stereocenters. The number of rotatable bonds is 5. The van der Waals surface area contributed by atoms with E-state index in [1.165, 1.54) is 5.52 Å². The Morgan fingerprint density at radius 3 is 2.50 bits per heavy atom. The summed E-state index contributed by atoms with van der Waals surface area (Å²) in [4.78, 5) is 4.85. The average molecular weight is 294 g/mol. The smallest absolute Gasteiger partial charge is 0.141 e. The van der Waals surface area contributed by atoms with E-state index in [2.05, 4.69) is 48.7 Å². The summed E-state index contributed by atoms with van der Waals surface area (Å²) >= 11 is 0. The van der Waals surface area contributed by atoms with Crippen LogP contribution in [-0.4, -0.2) is 16.7 Å². The second-order valence-electron chi connectivity index (χ2n) is 5.78. The van der Waals surface area contributed by atoms with Gasteiger partial charge in [-0.2, -0.15) is 0 Å². The van der Waals surface area contributed by atoms with Crippen LogP contribution in [0.25, 0.3) is 22.4 Å². The first kappa shape index (κ1) is 14.6. The third-order valence-electron chi connectivity index (χ3n) is 4.19. The largest absolute Gasteiger partial charge is 0.497 e. The molecule has 0 bridgehead atoms. The van der Waals surface area contributed by atoms with E-state index in [9.17, 15) is 0 Å². The molecule has 0 saturated heterocycles. The standard InChI is InChI=1S/C19H22N2O/c1-4-14(2)13-21-18-8-6-5-7-17(18)20-19(21)15-9-11-16(22-3)12-10-15/h5-12,14H,4,13H2,1-3H3. The van der Waals surface area contributed by atoms with Gasteiger partial charge in [0.05, 0.1) is 18.1 Å². The highest BCUT2D eigenvalue weighted by atomic mass is 16.5. The van der Waals surface area contributed by atoms with Crippen molar-refractivity contribution in [2.75, 3.05) is 7.11 Å². The Morgan fingerprint density at radius 1 is 1.09 bits per heavy atom. The highest BCUT2D eigenvalue weighted by Crippen LogP contribution is 2.27. The maximum atomic E-state index is 5.25. The quantitative estimate of drug-likeness (QED) is 0.678. The van der Waals surface area contributed by atoms with E-state index in [4.69, 9.17) is 9.72 Å². The molecule has 0 aliphatic rings. The predicted octanol–water partition coefficient (Wildman–Crippen LogP) is 4.76. The lowest BCUT2D eigenvalue weighted by atomic mass is 10.1. The van der Waals surface area contributed by atoms with Gasteiger partial charge in [-0.1, -0.05) is 32.4 Å². The normalized spacial score (nSPS) is 12.5. The van der Waals surface area contributed by atoms with E-state index >= 15 is 0 Å². The monoisotopic (exact) mass is 294 g/mol. The van der Waals surface area contributed by atoms with E-state index in [0.717, 1.165) is 35.6 Å². The Balaban J connectivity index is 2.12. The first-order chi connectivity index (χ1) is 10.7. The molecular formula is C19H22N2O. The fourth-order valence-corrected chi connectivity index (χ4v) is 2.66. The number of nitrogens with zero attached hydrogens (tertiary/aromatic N) is 2. The second-order valence-corrected chi connectivity index (χ2v) is 5.78. The van der Waals surface area contributed by atoms with Gasteiger partial charge in [0.2, 0.25) is 0 Å². The van der Waals surface area contributed by atoms with E-state index in [1.54, 1.807) is 7.11 Å². The summed E-state index contributed by atoms with van der Waals surface area (Å²) in [5.74, 6) is 2.52. The van der Waals surface area contributed by atoms with Gasteiger partial charge in [-0.25, -0.2) is 4.98 Å². The molecular weight excluding hydrogens is 272 g/mol. The molecule has 1 heterocycles. The van der Waals surface area contributed by atoms with Gasteiger partial charge in [-0.3, -0.25) is 0 Å². The summed E-state index contributed by atoms with van der Waals surface area (Å²) in [5, 5.41) is 0. The highest BCUT2D eigenvalue weighted by Gasteiger charge is 2.14. The van der Waals surface area contributed by atoms with Gasteiger partial charge in [-0.05, 0) is 42.3 Å². The number of imidazole rings is 1. The number of fused-ring (bicyclic) bond motifs is 1. The first-order valence-corrected chi connectivity index (χ1v) is 7.82. The van der Waals surface area contributed by atoms with E-state index < -0.39 is 0 Å². The van der Waals surface area contributed by atoms with Gasteiger partial charge in [0.25, 0.3) is 0 Å². The lowest BCUT2D eigenvalue weighted by Gasteiger charge is -2.14. The average Bonchev–Trinajstić information content (AvgIpc) is 2.93. The van der Waals surface area contributed by atoms with E-state index in [-0.39, 0.29) is 0 Å². The SMILES string of the molecule is CCC(C)Cn1c(-c2ccc(OC)cc2)nc2ccccc21. The lowest BCUT2D eigenvalue weighted by Crippen LogP contribution is -2.08. The topological polar surface area (TPSA) is 27.1 Å². The zero-order chi connectivity index (χ0) is 15.5. The summed E-state index contributed by atoms with van der Waals surface area (Å²) in [6.45, 7) is 5.50. The predicted molar refractivity (Wildman–Crippen MR) is 91.2 cm³/mol. The van der Waals surface area contributed by atoms with Crippen LogP contribution in [-0.2, 0) is 6.54 Å². The van der Waals surface area contributed by atoms with Crippen molar-refractivity contribution in [3.8, 4) is 17.1 Å². The van der Waals surface area contributed by atoms with Gasteiger partial charge >= 0.3 is 0 Å². The Bertz CT molecular complexity index is 759. The minimum atomic E-state index is 0.620. The molecule has 3 aromatic rings. The first-order valence-electron chi connectivity index (χ1n) is 7.82. The number of para-hydroxylation sites is 2. The van der Waals surface area contributed by atoms with E-state index in [1.807, 2.05) is 18.2 Å². The summed E-state index contributed by atoms with van der Waals surface area (Å²) in [6, 6.07) is 16.5. The molecule has 3 heteroatoms. The van der Waals surface area contributed by atoms with Gasteiger partial charge in [0.15, 0.2) is 0 Å². The molecule has 0 aliphatic carbocycles. The fraction of sp³-hybridized carbons (Fsp3) is 0.316. The highest BCUT2D eigenvalue weighted by molar-refractivity contribution is 5.80. The van der Waals surface area contributed by atoms with Crippen LogP contribution >= 0.6 is 0 Å². The van der Waals surface area contributed by atoms with Crippen LogP contribution in [0.3, 0.4) is 0 Å². The summed E-state index contributed by atoms with van der Waals surface area (Å²) in [7, 11) is 1.69. The van der Waals surface area contributed by atoms with Crippen LogP contribution in [0.5, 0.6) is 5.75 Å². The molecule has 1 aromatic heterocycles. The lowest BCUT2D eigenvalue weighted by molar-refractivity contribution is 0.415. The Labute approximate surface area is 131 Å². The summed E-state index contributed by atoms with van der Waals surface area (Å²) in [5.41, 5.74) is 3.38. The number of hydrogen-bond donors (Lipinski definition) is 0. The number of aromatic nitrogens is 2. The molecule has 3 rings (SSSR count). The molecule has 22 heavy (non-hydrogen) atoms. The van der Waals surface area contributed by atoms with Crippen LogP contribution in [0.1, 0.15) is 20.3 Å². The third-order valence-corrected chi connectivity index (χ3v) is 4.19. The number of hydrogen-bond acceptors (Lipinski definition) is 2. The van der Waals surface area contributed by atoms with Crippen LogP contribution in [0, 0.1) is 5.92 Å². The maximum Gasteiger partial charge on any atom is 0.141 e. The van der Waals surface area contributed by atoms with Crippen molar-refractivity contribution < 1.29 is 4.74 Å². The molecule has 0 amide bonds. The van der Waals surface area contributed by atoms with Gasteiger partial charge < -0.3 is 9.30 Å². The molecule has 0 fully saturated rings. The van der Waals surface area contributed by atoms with Crippen LogP contribution < -0.4 is 4.74 Å². The number of methoxy groups -OCH3 is 1. The minimum absolute atomic E-state index is 0.620. The van der Waals surface area contributed by atoms with Crippen molar-refractivity contribution in [2.24, 2.45) is 5.92 Å². The van der Waals surface area contributed by atoms with Crippen LogP contribution in [0.2, 0.25) is 0 Å². The molecule has 0 radical (unpaired) electrons. The van der Waals surface area contributed by atoms with Crippen LogP contribution in [0.4, 0.5) is 0 Å². The van der Waals surface area contributed by atoms with Gasteiger partial charge in [0, 0.05) is 12.1 Å². The van der Waals surface area contributed by atoms with Crippen molar-refractivity contribution in [3.63, 3.8) is 0 Å². The van der Waals surface area contributed by atoms with Crippen molar-refractivity contribution in [1.29, 1.82) is 0 Å². The maximum absolute atomic E-state index is 5.25. The summed E-state index contributed by atoms with van der Waals surface area (Å²) in [6.07, 6.45) is 1.16. The molecule has 2 aromatic carbocycles. The van der Waals surface area contributed by atoms with E-state index in [0.29, 0.717) is 5.92 Å². The zero-order valence-corrected chi connectivity index (χ0v) is 13.4. The second kappa shape index (κ2) is 6.22. The van der Waals surface area contributed by atoms with Crippen molar-refractivity contribution in [3.05, 3.63) is 48.5 Å². The molecule has 0 saturated carbocycles. The van der Waals surface area contributed by atoms with Crippen molar-refractivity contribution >= 4 is 11.0 Å². The molecule has 3 nitrogen and oxygen atoms in total. The number of benzene rings is 2. The Kier molecular flexibility index (Phi) is 4.14. The Morgan fingerprint density at radius 2 is 1.82 bits per heavy atom. The third kappa shape index (κ3) is 2.71. The zero-order valence-electron chi connectivity index (χ0n) is 13.4. The fourth-order valence-electron chi connectivity index (χ4n) is 2.66. The minimum Gasteiger partial charge on any atom is -0.497 e. The van der Waals surface area contributed by atoms with Crippen molar-refractivity contribution in [2.45, 2.75) is 26.8 Å². The molecule has 0 aliphatic heterocycles. The van der Waals surface area contributed by atoms with Gasteiger partial charge in [-0.15, -0.1) is 0 Å². The Hall–Kier alpha value is -2.29. The molecule has 0 spiro atoms. The summed E-state index contributed by atoms with van der Waals surface area (Å²) < 4.78 is 7.59. The molecule has 114 valence electrons. The molecule has 0 N–H and O–H groups in total. The van der Waals surface area contributed by atoms with Gasteiger partial charge in [0.1, 0.15) is 11.6 Å². The number of ether oxygens (including phenoxy) is 1.